The first kappa shape index (κ1) is 18.0. The van der Waals surface area contributed by atoms with Crippen LogP contribution in [0.4, 0.5) is 8.78 Å². The summed E-state index contributed by atoms with van der Waals surface area (Å²) in [5, 5.41) is 0. The van der Waals surface area contributed by atoms with Crippen LogP contribution in [0.2, 0.25) is 0 Å². The van der Waals surface area contributed by atoms with E-state index in [1.807, 2.05) is 24.3 Å². The Kier molecular flexibility index (Phi) is 5.17. The molecular weight excluding hydrogens is 348 g/mol. The Hall–Kier alpha value is -1.83. The minimum absolute atomic E-state index is 0.160. The van der Waals surface area contributed by atoms with Crippen LogP contribution in [-0.4, -0.2) is 32.4 Å². The van der Waals surface area contributed by atoms with Gasteiger partial charge in [0.25, 0.3) is 0 Å². The van der Waals surface area contributed by atoms with Gasteiger partial charge in [-0.3, -0.25) is 0 Å². The van der Waals surface area contributed by atoms with Crippen molar-refractivity contribution in [3.05, 3.63) is 70.8 Å². The van der Waals surface area contributed by atoms with Crippen molar-refractivity contribution < 1.29 is 21.9 Å². The number of nitrogens with zero attached hydrogens (tertiary/aromatic N) is 1. The summed E-state index contributed by atoms with van der Waals surface area (Å²) in [7, 11) is -2.36. The number of ether oxygens (including phenoxy) is 1. The average Bonchev–Trinajstić information content (AvgIpc) is 2.58. The third-order valence-corrected chi connectivity index (χ3v) is 6.10. The zero-order valence-corrected chi connectivity index (χ0v) is 14.6. The van der Waals surface area contributed by atoms with Gasteiger partial charge in [-0.25, -0.2) is 21.5 Å². The number of fused-ring (bicyclic) bond motifs is 1. The quantitative estimate of drug-likeness (QED) is 0.816. The lowest BCUT2D eigenvalue weighted by atomic mass is 9.99. The fourth-order valence-electron chi connectivity index (χ4n) is 2.89. The van der Waals surface area contributed by atoms with Crippen molar-refractivity contribution >= 4 is 10.0 Å². The molecule has 1 aliphatic rings. The van der Waals surface area contributed by atoms with Gasteiger partial charge < -0.3 is 4.74 Å². The lowest BCUT2D eigenvalue weighted by Crippen LogP contribution is -2.38. The monoisotopic (exact) mass is 367 g/mol. The van der Waals surface area contributed by atoms with Gasteiger partial charge in [0.05, 0.1) is 18.5 Å². The van der Waals surface area contributed by atoms with E-state index in [4.69, 9.17) is 4.74 Å². The fraction of sp³-hybridized carbons (Fsp3) is 0.333. The molecule has 0 N–H and O–H groups in total. The molecule has 4 nitrogen and oxygen atoms in total. The van der Waals surface area contributed by atoms with Crippen LogP contribution in [0, 0.1) is 11.6 Å². The molecule has 3 rings (SSSR count). The molecule has 0 fully saturated rings. The molecule has 2 aromatic carbocycles. The lowest BCUT2D eigenvalue weighted by molar-refractivity contribution is 0.0202. The Morgan fingerprint density at radius 3 is 2.64 bits per heavy atom. The molecule has 1 aliphatic heterocycles. The van der Waals surface area contributed by atoms with Crippen LogP contribution in [0.25, 0.3) is 0 Å². The molecule has 0 amide bonds. The molecule has 1 atom stereocenters. The highest BCUT2D eigenvalue weighted by Crippen LogP contribution is 2.22. The molecule has 25 heavy (non-hydrogen) atoms. The topological polar surface area (TPSA) is 46.6 Å². The van der Waals surface area contributed by atoms with Crippen LogP contribution in [0.5, 0.6) is 0 Å². The van der Waals surface area contributed by atoms with E-state index in [0.29, 0.717) is 13.0 Å². The second kappa shape index (κ2) is 7.19. The van der Waals surface area contributed by atoms with E-state index in [-0.39, 0.29) is 18.2 Å². The maximum Gasteiger partial charge on any atom is 0.218 e. The Morgan fingerprint density at radius 2 is 1.88 bits per heavy atom. The van der Waals surface area contributed by atoms with Crippen molar-refractivity contribution in [3.63, 3.8) is 0 Å². The third-order valence-electron chi connectivity index (χ3n) is 4.32. The first-order valence-electron chi connectivity index (χ1n) is 7.91. The predicted octanol–water partition coefficient (Wildman–Crippen LogP) is 2.87. The zero-order chi connectivity index (χ0) is 18.0. The second-order valence-corrected chi connectivity index (χ2v) is 8.25. The maximum atomic E-state index is 13.7. The van der Waals surface area contributed by atoms with Crippen LogP contribution < -0.4 is 0 Å². The molecule has 1 heterocycles. The number of likely N-dealkylation sites (N-methyl/N-ethyl adjacent to an activating group) is 1. The largest absolute Gasteiger partial charge is 0.372 e. The number of hydrogen-bond acceptors (Lipinski definition) is 3. The normalized spacial score (nSPS) is 17.5. The molecule has 0 aromatic heterocycles. The summed E-state index contributed by atoms with van der Waals surface area (Å²) in [4.78, 5) is 0. The van der Waals surface area contributed by atoms with Crippen LogP contribution in [0.1, 0.15) is 16.7 Å². The minimum Gasteiger partial charge on any atom is -0.372 e. The van der Waals surface area contributed by atoms with Crippen LogP contribution in [0.3, 0.4) is 0 Å². The number of halogens is 2. The molecule has 0 bridgehead atoms. The van der Waals surface area contributed by atoms with Crippen LogP contribution >= 0.6 is 0 Å². The van der Waals surface area contributed by atoms with Gasteiger partial charge in [-0.05, 0) is 29.3 Å². The minimum atomic E-state index is -3.78. The SMILES string of the molecule is CN(CC1Cc2ccccc2CO1)S(=O)(=O)Cc1cc(F)ccc1F. The molecular formula is C18H19F2NO3S. The van der Waals surface area contributed by atoms with Crippen LogP contribution in [-0.2, 0) is 33.5 Å². The first-order chi connectivity index (χ1) is 11.8. The fourth-order valence-corrected chi connectivity index (χ4v) is 4.12. The summed E-state index contributed by atoms with van der Waals surface area (Å²) >= 11 is 0. The highest BCUT2D eigenvalue weighted by Gasteiger charge is 2.26. The van der Waals surface area contributed by atoms with Gasteiger partial charge in [0.2, 0.25) is 10.0 Å². The van der Waals surface area contributed by atoms with Gasteiger partial charge in [-0.2, -0.15) is 0 Å². The van der Waals surface area contributed by atoms with Crippen LogP contribution in [0.15, 0.2) is 42.5 Å². The van der Waals surface area contributed by atoms with Gasteiger partial charge >= 0.3 is 0 Å². The Balaban J connectivity index is 1.68. The van der Waals surface area contributed by atoms with E-state index < -0.39 is 27.4 Å². The van der Waals surface area contributed by atoms with Gasteiger partial charge in [0, 0.05) is 25.6 Å². The Bertz CT molecular complexity index is 870. The van der Waals surface area contributed by atoms with E-state index in [0.717, 1.165) is 33.6 Å². The molecule has 0 aliphatic carbocycles. The zero-order valence-electron chi connectivity index (χ0n) is 13.8. The molecule has 0 saturated heterocycles. The Labute approximate surface area is 146 Å². The predicted molar refractivity (Wildman–Crippen MR) is 90.3 cm³/mol. The summed E-state index contributed by atoms with van der Waals surface area (Å²) in [5.41, 5.74) is 2.06. The highest BCUT2D eigenvalue weighted by atomic mass is 32.2. The van der Waals surface area contributed by atoms with Crippen molar-refractivity contribution in [2.45, 2.75) is 24.9 Å². The highest BCUT2D eigenvalue weighted by molar-refractivity contribution is 7.88. The number of hydrogen-bond donors (Lipinski definition) is 0. The first-order valence-corrected chi connectivity index (χ1v) is 9.52. The summed E-state index contributed by atoms with van der Waals surface area (Å²) in [6.45, 7) is 0.598. The van der Waals surface area contributed by atoms with E-state index in [1.54, 1.807) is 0 Å². The van der Waals surface area contributed by atoms with Crippen molar-refractivity contribution in [2.24, 2.45) is 0 Å². The molecule has 7 heteroatoms. The molecule has 2 aromatic rings. The maximum absolute atomic E-state index is 13.7. The summed E-state index contributed by atoms with van der Waals surface area (Å²) < 4.78 is 58.8. The summed E-state index contributed by atoms with van der Waals surface area (Å²) in [6.07, 6.45) is 0.344. The van der Waals surface area contributed by atoms with E-state index >= 15 is 0 Å². The van der Waals surface area contributed by atoms with Gasteiger partial charge in [-0.1, -0.05) is 24.3 Å². The van der Waals surface area contributed by atoms with Gasteiger partial charge in [0.15, 0.2) is 0 Å². The molecule has 0 radical (unpaired) electrons. The summed E-state index contributed by atoms with van der Waals surface area (Å²) in [5.74, 6) is -1.99. The average molecular weight is 367 g/mol. The number of benzene rings is 2. The molecule has 134 valence electrons. The number of rotatable bonds is 5. The third kappa shape index (κ3) is 4.23. The second-order valence-electron chi connectivity index (χ2n) is 6.18. The Morgan fingerprint density at radius 1 is 1.16 bits per heavy atom. The summed E-state index contributed by atoms with van der Waals surface area (Å²) in [6, 6.07) is 10.7. The van der Waals surface area contributed by atoms with Crippen molar-refractivity contribution in [1.29, 1.82) is 0 Å². The molecule has 1 unspecified atom stereocenters. The molecule has 0 spiro atoms. The van der Waals surface area contributed by atoms with Gasteiger partial charge in [-0.15, -0.1) is 0 Å². The lowest BCUT2D eigenvalue weighted by Gasteiger charge is -2.28. The number of sulfonamides is 1. The molecule has 0 saturated carbocycles. The van der Waals surface area contributed by atoms with Crippen molar-refractivity contribution in [2.75, 3.05) is 13.6 Å². The standard InChI is InChI=1S/C18H19F2NO3S/c1-21(10-17-9-13-4-2-3-5-14(13)11-24-17)25(22,23)12-15-8-16(19)6-7-18(15)20/h2-8,17H,9-12H2,1H3. The van der Waals surface area contributed by atoms with E-state index in [9.17, 15) is 17.2 Å². The smallest absolute Gasteiger partial charge is 0.218 e. The van der Waals surface area contributed by atoms with E-state index in [2.05, 4.69) is 0 Å². The van der Waals surface area contributed by atoms with Crippen molar-refractivity contribution in [3.8, 4) is 0 Å². The van der Waals surface area contributed by atoms with Gasteiger partial charge in [0.1, 0.15) is 11.6 Å². The van der Waals surface area contributed by atoms with Crippen molar-refractivity contribution in [1.82, 2.24) is 4.31 Å². The van der Waals surface area contributed by atoms with E-state index in [1.165, 1.54) is 7.05 Å².